The van der Waals surface area contributed by atoms with Crippen molar-refractivity contribution < 1.29 is 28.6 Å². The molecule has 4 N–H and O–H groups in total. The van der Waals surface area contributed by atoms with Crippen molar-refractivity contribution in [2.75, 3.05) is 18.9 Å². The summed E-state index contributed by atoms with van der Waals surface area (Å²) in [7, 11) is 0. The molecule has 0 saturated carbocycles. The molecule has 184 valence electrons. The molecule has 0 aliphatic rings. The summed E-state index contributed by atoms with van der Waals surface area (Å²) >= 11 is 0. The van der Waals surface area contributed by atoms with Crippen LogP contribution in [0.4, 0.5) is 5.82 Å². The molecule has 4 aromatic heterocycles. The summed E-state index contributed by atoms with van der Waals surface area (Å²) in [4.78, 5) is 29.5. The number of anilines is 1. The number of carboxylic acid groups (broad SMARTS) is 1. The molecule has 14 heteroatoms. The van der Waals surface area contributed by atoms with E-state index in [1.165, 1.54) is 19.2 Å². The van der Waals surface area contributed by atoms with E-state index in [1.54, 1.807) is 12.4 Å². The molecular formula is C22H20N8O6. The lowest BCUT2D eigenvalue weighted by atomic mass is 10.2. The molecule has 0 radical (unpaired) electrons. The van der Waals surface area contributed by atoms with Gasteiger partial charge in [0.2, 0.25) is 11.7 Å². The second-order valence-corrected chi connectivity index (χ2v) is 7.14. The third-order valence-electron chi connectivity index (χ3n) is 4.67. The average molecular weight is 492 g/mol. The minimum Gasteiger partial charge on any atom is -0.492 e. The summed E-state index contributed by atoms with van der Waals surface area (Å²) in [5.41, 5.74) is 8.59. The number of fused-ring (bicyclic) bond motifs is 1. The minimum absolute atomic E-state index is 0.0884. The van der Waals surface area contributed by atoms with Gasteiger partial charge in [0.25, 0.3) is 0 Å². The molecule has 4 heterocycles. The summed E-state index contributed by atoms with van der Waals surface area (Å²) in [6.45, 7) is 2.29. The summed E-state index contributed by atoms with van der Waals surface area (Å²) in [5.74, 6) is 0.0231. The number of aromatic nitrogens is 6. The molecule has 0 bridgehead atoms. The lowest BCUT2D eigenvalue weighted by molar-refractivity contribution is -0.119. The van der Waals surface area contributed by atoms with Gasteiger partial charge in [0, 0.05) is 24.9 Å². The van der Waals surface area contributed by atoms with E-state index in [1.807, 2.05) is 34.9 Å². The van der Waals surface area contributed by atoms with Crippen LogP contribution in [-0.4, -0.2) is 60.1 Å². The van der Waals surface area contributed by atoms with Gasteiger partial charge in [-0.05, 0) is 40.6 Å². The van der Waals surface area contributed by atoms with Gasteiger partial charge in [-0.1, -0.05) is 5.16 Å². The van der Waals surface area contributed by atoms with Gasteiger partial charge in [0.15, 0.2) is 17.3 Å². The maximum absolute atomic E-state index is 10.9. The quantitative estimate of drug-likeness (QED) is 0.279. The highest BCUT2D eigenvalue weighted by Crippen LogP contribution is 2.30. The van der Waals surface area contributed by atoms with Crippen molar-refractivity contribution in [1.82, 2.24) is 35.3 Å². The number of aromatic carboxylic acids is 1. The zero-order valence-corrected chi connectivity index (χ0v) is 18.9. The number of pyridine rings is 1. The van der Waals surface area contributed by atoms with E-state index >= 15 is 0 Å². The maximum atomic E-state index is 10.9. The van der Waals surface area contributed by atoms with Crippen molar-refractivity contribution in [2.45, 2.75) is 6.92 Å². The van der Waals surface area contributed by atoms with E-state index in [4.69, 9.17) is 20.2 Å². The van der Waals surface area contributed by atoms with Crippen LogP contribution in [0, 0.1) is 0 Å². The normalized spacial score (nSPS) is 10.5. The highest BCUT2D eigenvalue weighted by molar-refractivity contribution is 5.84. The third kappa shape index (κ3) is 5.44. The fourth-order valence-corrected chi connectivity index (χ4v) is 3.12. The molecule has 0 unspecified atom stereocenters. The second-order valence-electron chi connectivity index (χ2n) is 7.14. The van der Waals surface area contributed by atoms with E-state index < -0.39 is 5.97 Å². The van der Waals surface area contributed by atoms with Crippen molar-refractivity contribution in [3.8, 4) is 23.0 Å². The summed E-state index contributed by atoms with van der Waals surface area (Å²) < 4.78 is 16.5. The number of nitrogen functional groups attached to an aromatic ring is 1. The molecule has 14 nitrogen and oxygen atoms in total. The average Bonchev–Trinajstić information content (AvgIpc) is 3.62. The lowest BCUT2D eigenvalue weighted by Crippen LogP contribution is -2.25. The van der Waals surface area contributed by atoms with Crippen LogP contribution in [0.2, 0.25) is 0 Å². The number of ether oxygens (including phenoxy) is 1. The summed E-state index contributed by atoms with van der Waals surface area (Å²) in [6.07, 6.45) is 4.64. The lowest BCUT2D eigenvalue weighted by Gasteiger charge is -2.10. The van der Waals surface area contributed by atoms with Gasteiger partial charge >= 0.3 is 5.97 Å². The first-order valence-electron chi connectivity index (χ1n) is 10.5. The Labute approximate surface area is 202 Å². The van der Waals surface area contributed by atoms with Crippen LogP contribution in [0.15, 0.2) is 64.1 Å². The van der Waals surface area contributed by atoms with Crippen LogP contribution in [0.5, 0.6) is 5.75 Å². The Balaban J connectivity index is 0.000000325. The first-order valence-corrected chi connectivity index (χ1v) is 10.5. The Hall–Kier alpha value is -5.27. The fraction of sp³-hybridized carbons (Fsp3) is 0.136. The maximum Gasteiger partial charge on any atom is 0.374 e. The molecule has 0 aliphatic heterocycles. The monoisotopic (exact) mass is 492 g/mol. The molecule has 1 amide bonds. The van der Waals surface area contributed by atoms with Crippen LogP contribution < -0.4 is 15.8 Å². The molecule has 0 atom stereocenters. The number of carboxylic acids is 1. The summed E-state index contributed by atoms with van der Waals surface area (Å²) in [5, 5.41) is 21.5. The number of rotatable bonds is 7. The Bertz CT molecular complexity index is 1460. The van der Waals surface area contributed by atoms with Crippen molar-refractivity contribution in [1.29, 1.82) is 0 Å². The summed E-state index contributed by atoms with van der Waals surface area (Å²) in [6, 6.07) is 10.6. The molecular weight excluding hydrogens is 472 g/mol. The second kappa shape index (κ2) is 10.8. The zero-order chi connectivity index (χ0) is 25.5. The molecule has 0 saturated heterocycles. The fourth-order valence-electron chi connectivity index (χ4n) is 3.12. The SMILES string of the molecule is CC(=O)NCCOc1ccc(-n2c(-c3nonc3N)nc3cnccc32)cc1.O=C(O)c1ccno1. The number of amides is 1. The highest BCUT2D eigenvalue weighted by atomic mass is 16.6. The van der Waals surface area contributed by atoms with Crippen LogP contribution in [0.3, 0.4) is 0 Å². The molecule has 0 spiro atoms. The Kier molecular flexibility index (Phi) is 7.14. The third-order valence-corrected chi connectivity index (χ3v) is 4.67. The number of nitrogens with two attached hydrogens (primary N) is 1. The minimum atomic E-state index is -1.09. The van der Waals surface area contributed by atoms with Gasteiger partial charge in [-0.15, -0.1) is 0 Å². The van der Waals surface area contributed by atoms with Crippen molar-refractivity contribution >= 4 is 28.7 Å². The first-order chi connectivity index (χ1) is 17.4. The molecule has 5 aromatic rings. The zero-order valence-electron chi connectivity index (χ0n) is 18.9. The molecule has 36 heavy (non-hydrogen) atoms. The topological polar surface area (TPSA) is 197 Å². The highest BCUT2D eigenvalue weighted by Gasteiger charge is 2.20. The van der Waals surface area contributed by atoms with Crippen molar-refractivity contribution in [3.63, 3.8) is 0 Å². The van der Waals surface area contributed by atoms with Gasteiger partial charge in [-0.2, -0.15) is 0 Å². The Morgan fingerprint density at radius 1 is 1.14 bits per heavy atom. The predicted molar refractivity (Wildman–Crippen MR) is 124 cm³/mol. The Morgan fingerprint density at radius 2 is 1.94 bits per heavy atom. The molecule has 0 fully saturated rings. The van der Waals surface area contributed by atoms with E-state index in [0.29, 0.717) is 35.9 Å². The predicted octanol–water partition coefficient (Wildman–Crippen LogP) is 1.94. The van der Waals surface area contributed by atoms with Gasteiger partial charge in [-0.25, -0.2) is 14.4 Å². The van der Waals surface area contributed by atoms with E-state index in [0.717, 1.165) is 11.2 Å². The van der Waals surface area contributed by atoms with Crippen LogP contribution in [-0.2, 0) is 4.79 Å². The molecule has 1 aromatic carbocycles. The van der Waals surface area contributed by atoms with Gasteiger partial charge in [-0.3, -0.25) is 14.3 Å². The van der Waals surface area contributed by atoms with Gasteiger partial charge < -0.3 is 25.4 Å². The van der Waals surface area contributed by atoms with Crippen molar-refractivity contribution in [2.24, 2.45) is 0 Å². The number of carbonyl (C=O) groups excluding carboxylic acids is 1. The number of benzene rings is 1. The number of nitrogens with zero attached hydrogens (tertiary/aromatic N) is 6. The van der Waals surface area contributed by atoms with E-state index in [9.17, 15) is 9.59 Å². The number of imidazole rings is 1. The van der Waals surface area contributed by atoms with Gasteiger partial charge in [0.1, 0.15) is 17.9 Å². The molecule has 0 aliphatic carbocycles. The van der Waals surface area contributed by atoms with E-state index in [2.05, 4.69) is 35.3 Å². The number of carbonyl (C=O) groups is 2. The van der Waals surface area contributed by atoms with Crippen molar-refractivity contribution in [3.05, 3.63) is 60.7 Å². The smallest absolute Gasteiger partial charge is 0.374 e. The van der Waals surface area contributed by atoms with Gasteiger partial charge in [0.05, 0.1) is 24.5 Å². The number of nitrogens with one attached hydrogen (secondary N) is 1. The van der Waals surface area contributed by atoms with Crippen LogP contribution in [0.1, 0.15) is 17.5 Å². The Morgan fingerprint density at radius 3 is 2.56 bits per heavy atom. The first kappa shape index (κ1) is 23.9. The van der Waals surface area contributed by atoms with E-state index in [-0.39, 0.29) is 17.5 Å². The molecule has 5 rings (SSSR count). The number of hydrogen-bond donors (Lipinski definition) is 3. The number of hydrogen-bond acceptors (Lipinski definition) is 11. The largest absolute Gasteiger partial charge is 0.492 e. The van der Waals surface area contributed by atoms with Crippen LogP contribution in [0.25, 0.3) is 28.2 Å². The standard InChI is InChI=1S/C18H17N7O3.C4H3NO3/c1-11(26)21-8-9-27-13-4-2-12(3-5-13)25-15-6-7-20-10-14(15)22-18(25)16-17(19)24-28-23-16;6-4(7)3-1-2-5-8-3/h2-7,10H,8-9H2,1H3,(H2,19,24)(H,21,26);1-2H,(H,6,7). The van der Waals surface area contributed by atoms with Crippen LogP contribution >= 0.6 is 0 Å².